The maximum absolute atomic E-state index is 5.47. The molecule has 0 bridgehead atoms. The van der Waals surface area contributed by atoms with Crippen molar-refractivity contribution in [3.63, 3.8) is 0 Å². The first-order chi connectivity index (χ1) is 8.01. The van der Waals surface area contributed by atoms with Crippen LogP contribution in [0.3, 0.4) is 0 Å². The normalized spacial score (nSPS) is 11.1. The number of hydrogen-bond acceptors (Lipinski definition) is 3. The number of methoxy groups -OCH3 is 1. The van der Waals surface area contributed by atoms with Crippen molar-refractivity contribution in [3.8, 4) is 17.2 Å². The Morgan fingerprint density at radius 2 is 2.06 bits per heavy atom. The molecule has 1 aromatic carbocycles. The molecule has 0 fully saturated rings. The molecule has 0 spiro atoms. The molecule has 2 aromatic rings. The van der Waals surface area contributed by atoms with Crippen LogP contribution in [-0.2, 0) is 0 Å². The zero-order chi connectivity index (χ0) is 12.5. The van der Waals surface area contributed by atoms with Crippen LogP contribution in [0, 0.1) is 11.5 Å². The van der Waals surface area contributed by atoms with Crippen molar-refractivity contribution < 1.29 is 4.74 Å². The predicted octanol–water partition coefficient (Wildman–Crippen LogP) is 3.53. The molecular weight excluding hydrogens is 246 g/mol. The van der Waals surface area contributed by atoms with Gasteiger partial charge in [0.1, 0.15) is 8.07 Å². The van der Waals surface area contributed by atoms with Crippen LogP contribution in [0.1, 0.15) is 5.56 Å². The second kappa shape index (κ2) is 4.51. The number of rotatable bonds is 1. The van der Waals surface area contributed by atoms with Gasteiger partial charge >= 0.3 is 0 Å². The molecule has 0 radical (unpaired) electrons. The molecule has 2 rings (SSSR count). The fourth-order valence-corrected chi connectivity index (χ4v) is 2.78. The van der Waals surface area contributed by atoms with Crippen LogP contribution >= 0.6 is 11.3 Å². The van der Waals surface area contributed by atoms with Gasteiger partial charge in [-0.15, -0.1) is 16.9 Å². The topological polar surface area (TPSA) is 22.1 Å². The minimum absolute atomic E-state index is 0.857. The van der Waals surface area contributed by atoms with Crippen molar-refractivity contribution in [2.75, 3.05) is 7.11 Å². The molecule has 1 aromatic heterocycles. The zero-order valence-corrected chi connectivity index (χ0v) is 12.3. The van der Waals surface area contributed by atoms with E-state index in [1.165, 1.54) is 0 Å². The number of ether oxygens (including phenoxy) is 1. The fraction of sp³-hybridized carbons (Fsp3) is 0.308. The molecule has 0 unspecified atom stereocenters. The number of thiazole rings is 1. The number of fused-ring (bicyclic) bond motifs is 1. The van der Waals surface area contributed by atoms with Crippen molar-refractivity contribution in [1.29, 1.82) is 0 Å². The summed E-state index contributed by atoms with van der Waals surface area (Å²) in [5.74, 6) is 4.11. The van der Waals surface area contributed by atoms with E-state index in [9.17, 15) is 0 Å². The number of benzene rings is 1. The first-order valence-electron chi connectivity index (χ1n) is 5.44. The van der Waals surface area contributed by atoms with Gasteiger partial charge in [0, 0.05) is 0 Å². The average molecular weight is 261 g/mol. The van der Waals surface area contributed by atoms with Crippen LogP contribution in [0.2, 0.25) is 19.6 Å². The molecule has 2 nitrogen and oxygen atoms in total. The Morgan fingerprint density at radius 1 is 1.29 bits per heavy atom. The molecule has 88 valence electrons. The van der Waals surface area contributed by atoms with E-state index < -0.39 is 8.07 Å². The highest BCUT2D eigenvalue weighted by molar-refractivity contribution is 7.17. The van der Waals surface area contributed by atoms with E-state index in [2.05, 4.69) is 36.1 Å². The summed E-state index contributed by atoms with van der Waals surface area (Å²) in [6.45, 7) is 6.70. The maximum atomic E-state index is 5.47. The van der Waals surface area contributed by atoms with E-state index in [0.717, 1.165) is 21.5 Å². The lowest BCUT2D eigenvalue weighted by Gasteiger charge is -2.06. The molecule has 0 aliphatic carbocycles. The Balaban J connectivity index is 2.56. The van der Waals surface area contributed by atoms with Gasteiger partial charge in [-0.25, -0.2) is 4.98 Å². The van der Waals surface area contributed by atoms with E-state index in [4.69, 9.17) is 4.74 Å². The third kappa shape index (κ3) is 2.68. The lowest BCUT2D eigenvalue weighted by atomic mass is 10.2. The first-order valence-corrected chi connectivity index (χ1v) is 9.82. The summed E-state index contributed by atoms with van der Waals surface area (Å²) < 4.78 is 6.54. The van der Waals surface area contributed by atoms with Gasteiger partial charge in [0.15, 0.2) is 5.75 Å². The lowest BCUT2D eigenvalue weighted by Crippen LogP contribution is -2.16. The minimum Gasteiger partial charge on any atom is -0.494 e. The lowest BCUT2D eigenvalue weighted by molar-refractivity contribution is 0.419. The smallest absolute Gasteiger partial charge is 0.153 e. The Bertz CT molecular complexity index is 601. The van der Waals surface area contributed by atoms with Crippen molar-refractivity contribution >= 4 is 29.6 Å². The van der Waals surface area contributed by atoms with E-state index in [1.807, 2.05) is 17.6 Å². The molecule has 17 heavy (non-hydrogen) atoms. The maximum Gasteiger partial charge on any atom is 0.153 e. The SMILES string of the molecule is COc1c(C#C[Si](C)(C)C)ccc2ncsc12. The summed E-state index contributed by atoms with van der Waals surface area (Å²) in [5.41, 5.74) is 7.14. The van der Waals surface area contributed by atoms with Crippen LogP contribution in [0.15, 0.2) is 17.6 Å². The first kappa shape index (κ1) is 12.2. The summed E-state index contributed by atoms with van der Waals surface area (Å²) in [6, 6.07) is 4.00. The quantitative estimate of drug-likeness (QED) is 0.579. The monoisotopic (exact) mass is 261 g/mol. The van der Waals surface area contributed by atoms with E-state index >= 15 is 0 Å². The van der Waals surface area contributed by atoms with E-state index in [0.29, 0.717) is 0 Å². The second-order valence-corrected chi connectivity index (χ2v) is 10.5. The largest absolute Gasteiger partial charge is 0.494 e. The number of aromatic nitrogens is 1. The van der Waals surface area contributed by atoms with Crippen molar-refractivity contribution in [2.45, 2.75) is 19.6 Å². The molecule has 4 heteroatoms. The van der Waals surface area contributed by atoms with Crippen molar-refractivity contribution in [2.24, 2.45) is 0 Å². The Labute approximate surface area is 107 Å². The van der Waals surface area contributed by atoms with Crippen molar-refractivity contribution in [3.05, 3.63) is 23.2 Å². The highest BCUT2D eigenvalue weighted by Gasteiger charge is 2.11. The zero-order valence-electron chi connectivity index (χ0n) is 10.5. The average Bonchev–Trinajstić information content (AvgIpc) is 2.72. The molecular formula is C13H15NOSSi. The van der Waals surface area contributed by atoms with Crippen LogP contribution in [0.25, 0.3) is 10.2 Å². The summed E-state index contributed by atoms with van der Waals surface area (Å²) in [5, 5.41) is 0. The summed E-state index contributed by atoms with van der Waals surface area (Å²) in [7, 11) is 0.333. The molecule has 0 aliphatic heterocycles. The van der Waals surface area contributed by atoms with Crippen LogP contribution < -0.4 is 4.74 Å². The van der Waals surface area contributed by atoms with Gasteiger partial charge in [0.2, 0.25) is 0 Å². The molecule has 0 saturated carbocycles. The summed E-state index contributed by atoms with van der Waals surface area (Å²) in [6.07, 6.45) is 0. The minimum atomic E-state index is -1.36. The molecule has 0 amide bonds. The van der Waals surface area contributed by atoms with Crippen LogP contribution in [0.4, 0.5) is 0 Å². The standard InChI is InChI=1S/C13H15NOSSi/c1-15-12-10(7-8-17(2,3)4)5-6-11-13(12)16-9-14-11/h5-6,9H,1-4H3. The Morgan fingerprint density at radius 3 is 2.71 bits per heavy atom. The van der Waals surface area contributed by atoms with Crippen LogP contribution in [-0.4, -0.2) is 20.2 Å². The molecule has 0 aliphatic rings. The fourth-order valence-electron chi connectivity index (χ4n) is 1.46. The van der Waals surface area contributed by atoms with Gasteiger partial charge in [-0.3, -0.25) is 0 Å². The molecule has 1 heterocycles. The molecule has 0 N–H and O–H groups in total. The highest BCUT2D eigenvalue weighted by atomic mass is 32.1. The van der Waals surface area contributed by atoms with E-state index in [1.54, 1.807) is 18.4 Å². The van der Waals surface area contributed by atoms with Gasteiger partial charge in [-0.2, -0.15) is 0 Å². The van der Waals surface area contributed by atoms with Gasteiger partial charge in [0.25, 0.3) is 0 Å². The highest BCUT2D eigenvalue weighted by Crippen LogP contribution is 2.31. The third-order valence-corrected chi connectivity index (χ3v) is 3.95. The second-order valence-electron chi connectivity index (χ2n) is 4.85. The van der Waals surface area contributed by atoms with Gasteiger partial charge in [0.05, 0.1) is 28.4 Å². The van der Waals surface area contributed by atoms with Crippen molar-refractivity contribution in [1.82, 2.24) is 4.98 Å². The molecule has 0 atom stereocenters. The van der Waals surface area contributed by atoms with Crippen LogP contribution in [0.5, 0.6) is 5.75 Å². The Kier molecular flexibility index (Phi) is 3.23. The van der Waals surface area contributed by atoms with E-state index in [-0.39, 0.29) is 0 Å². The van der Waals surface area contributed by atoms with Gasteiger partial charge in [-0.05, 0) is 12.1 Å². The number of hydrogen-bond donors (Lipinski definition) is 0. The Hall–Kier alpha value is -1.31. The number of nitrogens with zero attached hydrogens (tertiary/aromatic N) is 1. The predicted molar refractivity (Wildman–Crippen MR) is 76.4 cm³/mol. The third-order valence-electron chi connectivity index (χ3n) is 2.23. The summed E-state index contributed by atoms with van der Waals surface area (Å²) in [4.78, 5) is 4.28. The van der Waals surface area contributed by atoms with Gasteiger partial charge < -0.3 is 4.74 Å². The van der Waals surface area contributed by atoms with Gasteiger partial charge in [-0.1, -0.05) is 25.6 Å². The summed E-state index contributed by atoms with van der Waals surface area (Å²) >= 11 is 1.59. The molecule has 0 saturated heterocycles.